The molecule has 2 N–H and O–H groups in total. The van der Waals surface area contributed by atoms with Crippen molar-refractivity contribution >= 4 is 17.7 Å². The molecule has 1 amide bonds. The third-order valence-electron chi connectivity index (χ3n) is 3.94. The van der Waals surface area contributed by atoms with Crippen molar-refractivity contribution in [2.45, 2.75) is 24.1 Å². The second-order valence-electron chi connectivity index (χ2n) is 5.72. The van der Waals surface area contributed by atoms with Gasteiger partial charge in [-0.15, -0.1) is 0 Å². The molecule has 0 spiro atoms. The first-order valence-corrected chi connectivity index (χ1v) is 8.65. The number of aromatic nitrogens is 2. The van der Waals surface area contributed by atoms with Gasteiger partial charge in [0, 0.05) is 31.1 Å². The maximum atomic E-state index is 12.7. The Kier molecular flexibility index (Phi) is 4.97. The van der Waals surface area contributed by atoms with Gasteiger partial charge in [-0.25, -0.2) is 4.98 Å². The minimum atomic E-state index is 0.0351. The maximum absolute atomic E-state index is 12.7. The van der Waals surface area contributed by atoms with Crippen molar-refractivity contribution in [3.8, 4) is 0 Å². The summed E-state index contributed by atoms with van der Waals surface area (Å²) in [6.07, 6.45) is 2.68. The van der Waals surface area contributed by atoms with Crippen LogP contribution in [0.3, 0.4) is 0 Å². The number of thioether (sulfide) groups is 1. The average Bonchev–Trinajstić information content (AvgIpc) is 3.21. The fourth-order valence-electron chi connectivity index (χ4n) is 2.68. The molecule has 6 nitrogen and oxygen atoms in total. The molecule has 3 rings (SSSR count). The van der Waals surface area contributed by atoms with Gasteiger partial charge < -0.3 is 15.2 Å². The molecule has 3 heterocycles. The second-order valence-corrected chi connectivity index (χ2v) is 6.68. The van der Waals surface area contributed by atoms with Crippen LogP contribution in [0.1, 0.15) is 28.2 Å². The Labute approximate surface area is 139 Å². The van der Waals surface area contributed by atoms with Crippen LogP contribution in [0.25, 0.3) is 0 Å². The van der Waals surface area contributed by atoms with Gasteiger partial charge in [0.05, 0.1) is 11.3 Å². The van der Waals surface area contributed by atoms with Gasteiger partial charge in [-0.3, -0.25) is 4.79 Å². The van der Waals surface area contributed by atoms with E-state index < -0.39 is 0 Å². The SMILES string of the molecule is Cc1cc(CSc2ncccc2C(=O)N2CCC(CN)C2)no1. The lowest BCUT2D eigenvalue weighted by molar-refractivity contribution is 0.0783. The molecule has 0 saturated carbocycles. The minimum Gasteiger partial charge on any atom is -0.361 e. The Morgan fingerprint density at radius 1 is 1.57 bits per heavy atom. The number of likely N-dealkylation sites (tertiary alicyclic amines) is 1. The van der Waals surface area contributed by atoms with E-state index in [0.717, 1.165) is 36.0 Å². The first kappa shape index (κ1) is 16.0. The molecule has 23 heavy (non-hydrogen) atoms. The number of hydrogen-bond donors (Lipinski definition) is 1. The number of nitrogens with zero attached hydrogens (tertiary/aromatic N) is 3. The Bertz CT molecular complexity index is 688. The summed E-state index contributed by atoms with van der Waals surface area (Å²) in [5.41, 5.74) is 7.21. The number of carbonyl (C=O) groups excluding carboxylic acids is 1. The van der Waals surface area contributed by atoms with Crippen LogP contribution in [0.15, 0.2) is 33.9 Å². The molecule has 1 fully saturated rings. The zero-order valence-electron chi connectivity index (χ0n) is 13.1. The van der Waals surface area contributed by atoms with Crippen LogP contribution in [0, 0.1) is 12.8 Å². The van der Waals surface area contributed by atoms with E-state index in [2.05, 4.69) is 10.1 Å². The largest absolute Gasteiger partial charge is 0.361 e. The zero-order valence-corrected chi connectivity index (χ0v) is 13.9. The smallest absolute Gasteiger partial charge is 0.256 e. The molecule has 0 aromatic carbocycles. The van der Waals surface area contributed by atoms with E-state index in [1.807, 2.05) is 24.0 Å². The van der Waals surface area contributed by atoms with E-state index in [0.29, 0.717) is 23.8 Å². The molecule has 0 aliphatic carbocycles. The van der Waals surface area contributed by atoms with Crippen LogP contribution in [0.4, 0.5) is 0 Å². The van der Waals surface area contributed by atoms with Gasteiger partial charge in [0.2, 0.25) is 0 Å². The molecule has 2 aromatic heterocycles. The van der Waals surface area contributed by atoms with Gasteiger partial charge in [0.15, 0.2) is 0 Å². The van der Waals surface area contributed by atoms with Crippen molar-refractivity contribution in [3.05, 3.63) is 41.4 Å². The van der Waals surface area contributed by atoms with E-state index >= 15 is 0 Å². The van der Waals surface area contributed by atoms with Crippen LogP contribution in [-0.2, 0) is 5.75 Å². The Morgan fingerprint density at radius 3 is 3.13 bits per heavy atom. The van der Waals surface area contributed by atoms with E-state index in [9.17, 15) is 4.79 Å². The van der Waals surface area contributed by atoms with Gasteiger partial charge in [0.1, 0.15) is 10.8 Å². The number of amides is 1. The summed E-state index contributed by atoms with van der Waals surface area (Å²) < 4.78 is 5.07. The molecule has 2 aromatic rings. The first-order valence-electron chi connectivity index (χ1n) is 7.66. The summed E-state index contributed by atoms with van der Waals surface area (Å²) in [6, 6.07) is 5.53. The van der Waals surface area contributed by atoms with Crippen molar-refractivity contribution in [3.63, 3.8) is 0 Å². The molecule has 0 radical (unpaired) electrons. The molecule has 1 atom stereocenters. The average molecular weight is 332 g/mol. The van der Waals surface area contributed by atoms with Gasteiger partial charge in [-0.1, -0.05) is 16.9 Å². The topological polar surface area (TPSA) is 85.2 Å². The summed E-state index contributed by atoms with van der Waals surface area (Å²) in [4.78, 5) is 19.0. The van der Waals surface area contributed by atoms with Crippen LogP contribution in [-0.4, -0.2) is 40.6 Å². The number of pyridine rings is 1. The third kappa shape index (κ3) is 3.73. The highest BCUT2D eigenvalue weighted by atomic mass is 32.2. The molecule has 1 aliphatic rings. The van der Waals surface area contributed by atoms with Gasteiger partial charge in [0.25, 0.3) is 5.91 Å². The summed E-state index contributed by atoms with van der Waals surface area (Å²) in [7, 11) is 0. The number of rotatable bonds is 5. The fourth-order valence-corrected chi connectivity index (χ4v) is 3.54. The van der Waals surface area contributed by atoms with Crippen molar-refractivity contribution in [1.29, 1.82) is 0 Å². The lowest BCUT2D eigenvalue weighted by Crippen LogP contribution is -2.30. The van der Waals surface area contributed by atoms with Crippen LogP contribution < -0.4 is 5.73 Å². The number of hydrogen-bond acceptors (Lipinski definition) is 6. The zero-order chi connectivity index (χ0) is 16.2. The lowest BCUT2D eigenvalue weighted by Gasteiger charge is -2.17. The summed E-state index contributed by atoms with van der Waals surface area (Å²) in [6.45, 7) is 3.99. The van der Waals surface area contributed by atoms with Crippen molar-refractivity contribution in [2.24, 2.45) is 11.7 Å². The predicted octanol–water partition coefficient (Wildman–Crippen LogP) is 2.09. The highest BCUT2D eigenvalue weighted by molar-refractivity contribution is 7.98. The molecular formula is C16H20N4O2S. The van der Waals surface area contributed by atoms with Gasteiger partial charge in [-0.2, -0.15) is 0 Å². The summed E-state index contributed by atoms with van der Waals surface area (Å²) >= 11 is 1.50. The summed E-state index contributed by atoms with van der Waals surface area (Å²) in [5.74, 6) is 1.85. The lowest BCUT2D eigenvalue weighted by atomic mass is 10.1. The molecule has 1 aliphatic heterocycles. The Balaban J connectivity index is 1.71. The Morgan fingerprint density at radius 2 is 2.43 bits per heavy atom. The Hall–Kier alpha value is -1.86. The number of aryl methyl sites for hydroxylation is 1. The monoisotopic (exact) mass is 332 g/mol. The highest BCUT2D eigenvalue weighted by Gasteiger charge is 2.27. The maximum Gasteiger partial charge on any atom is 0.256 e. The third-order valence-corrected chi connectivity index (χ3v) is 4.98. The fraction of sp³-hybridized carbons (Fsp3) is 0.438. The van der Waals surface area contributed by atoms with Crippen molar-refractivity contribution < 1.29 is 9.32 Å². The highest BCUT2D eigenvalue weighted by Crippen LogP contribution is 2.26. The minimum absolute atomic E-state index is 0.0351. The van der Waals surface area contributed by atoms with Crippen molar-refractivity contribution in [1.82, 2.24) is 15.0 Å². The molecule has 0 bridgehead atoms. The molecular weight excluding hydrogens is 312 g/mol. The van der Waals surface area contributed by atoms with Crippen LogP contribution in [0.2, 0.25) is 0 Å². The molecule has 122 valence electrons. The normalized spacial score (nSPS) is 17.7. The number of nitrogens with two attached hydrogens (primary N) is 1. The molecule has 7 heteroatoms. The van der Waals surface area contributed by atoms with E-state index in [1.165, 1.54) is 11.8 Å². The predicted molar refractivity (Wildman–Crippen MR) is 88.1 cm³/mol. The standard InChI is InChI=1S/C16H20N4O2S/c1-11-7-13(19-22-11)10-23-15-14(3-2-5-18-15)16(21)20-6-4-12(8-17)9-20/h2-3,5,7,12H,4,6,8-10,17H2,1H3. The van der Waals surface area contributed by atoms with Gasteiger partial charge >= 0.3 is 0 Å². The van der Waals surface area contributed by atoms with Gasteiger partial charge in [-0.05, 0) is 37.9 Å². The second kappa shape index (κ2) is 7.14. The van der Waals surface area contributed by atoms with Crippen molar-refractivity contribution in [2.75, 3.05) is 19.6 Å². The molecule has 1 unspecified atom stereocenters. The molecule has 1 saturated heterocycles. The van der Waals surface area contributed by atoms with E-state index in [1.54, 1.807) is 12.3 Å². The van der Waals surface area contributed by atoms with E-state index in [-0.39, 0.29) is 5.91 Å². The van der Waals surface area contributed by atoms with E-state index in [4.69, 9.17) is 10.3 Å². The van der Waals surface area contributed by atoms with Crippen LogP contribution in [0.5, 0.6) is 0 Å². The first-order chi connectivity index (χ1) is 11.2. The summed E-state index contributed by atoms with van der Waals surface area (Å²) in [5, 5.41) is 4.70. The number of carbonyl (C=O) groups is 1. The van der Waals surface area contributed by atoms with Crippen LogP contribution >= 0.6 is 11.8 Å². The quantitative estimate of drug-likeness (QED) is 0.844.